The molecule has 3 aromatic carbocycles. The largest absolute Gasteiger partial charge is 0.379 e. The molecule has 0 aliphatic carbocycles. The number of ether oxygens (including phenoxy) is 1. The van der Waals surface area contributed by atoms with Gasteiger partial charge in [0, 0.05) is 30.2 Å². The van der Waals surface area contributed by atoms with Gasteiger partial charge in [-0.2, -0.15) is 0 Å². The summed E-state index contributed by atoms with van der Waals surface area (Å²) < 4.78 is 5.35. The van der Waals surface area contributed by atoms with Gasteiger partial charge < -0.3 is 21.1 Å². The Bertz CT molecular complexity index is 1510. The lowest BCUT2D eigenvalue weighted by Gasteiger charge is -2.26. The van der Waals surface area contributed by atoms with Crippen molar-refractivity contribution in [1.82, 2.24) is 14.9 Å². The molecule has 38 heavy (non-hydrogen) atoms. The molecule has 5 rings (SSSR count). The van der Waals surface area contributed by atoms with Crippen LogP contribution in [0.1, 0.15) is 21.5 Å². The third kappa shape index (κ3) is 5.80. The van der Waals surface area contributed by atoms with Gasteiger partial charge in [-0.3, -0.25) is 14.5 Å². The van der Waals surface area contributed by atoms with Gasteiger partial charge in [0.2, 0.25) is 11.9 Å². The molecule has 9 nitrogen and oxygen atoms in total. The van der Waals surface area contributed by atoms with Crippen molar-refractivity contribution in [2.24, 2.45) is 0 Å². The van der Waals surface area contributed by atoms with Crippen LogP contribution in [-0.2, 0) is 9.53 Å². The van der Waals surface area contributed by atoms with Crippen molar-refractivity contribution in [3.63, 3.8) is 0 Å². The molecule has 9 heteroatoms. The number of morpholine rings is 1. The van der Waals surface area contributed by atoms with Crippen LogP contribution in [0.5, 0.6) is 0 Å². The number of benzene rings is 3. The number of aromatic nitrogens is 2. The molecule has 0 bridgehead atoms. The first-order valence-corrected chi connectivity index (χ1v) is 12.5. The van der Waals surface area contributed by atoms with E-state index >= 15 is 0 Å². The highest BCUT2D eigenvalue weighted by Crippen LogP contribution is 2.29. The van der Waals surface area contributed by atoms with E-state index in [4.69, 9.17) is 10.5 Å². The maximum Gasteiger partial charge on any atom is 0.255 e. The highest BCUT2D eigenvalue weighted by atomic mass is 16.5. The Balaban J connectivity index is 1.36. The van der Waals surface area contributed by atoms with Gasteiger partial charge in [-0.1, -0.05) is 18.2 Å². The summed E-state index contributed by atoms with van der Waals surface area (Å²) in [5, 5.41) is 6.81. The fourth-order valence-corrected chi connectivity index (χ4v) is 4.51. The summed E-state index contributed by atoms with van der Waals surface area (Å²) in [4.78, 5) is 36.4. The molecule has 1 aliphatic rings. The van der Waals surface area contributed by atoms with Crippen molar-refractivity contribution in [3.05, 3.63) is 77.5 Å². The van der Waals surface area contributed by atoms with Crippen LogP contribution in [0.4, 0.5) is 17.3 Å². The Morgan fingerprint density at radius 3 is 2.61 bits per heavy atom. The van der Waals surface area contributed by atoms with Crippen molar-refractivity contribution in [3.8, 4) is 11.1 Å². The maximum absolute atomic E-state index is 13.3. The van der Waals surface area contributed by atoms with Gasteiger partial charge >= 0.3 is 0 Å². The lowest BCUT2D eigenvalue weighted by Crippen LogP contribution is -2.41. The summed E-state index contributed by atoms with van der Waals surface area (Å²) in [6.07, 6.45) is 1.69. The number of nitrogens with zero attached hydrogens (tertiary/aromatic N) is 3. The Kier molecular flexibility index (Phi) is 7.30. The van der Waals surface area contributed by atoms with Gasteiger partial charge in [-0.05, 0) is 72.5 Å². The number of nitrogens with two attached hydrogens (primary N) is 1. The van der Waals surface area contributed by atoms with Crippen molar-refractivity contribution in [2.75, 3.05) is 49.2 Å². The predicted molar refractivity (Wildman–Crippen MR) is 149 cm³/mol. The minimum absolute atomic E-state index is 0.133. The molecular weight excluding hydrogens is 480 g/mol. The van der Waals surface area contributed by atoms with E-state index in [2.05, 4.69) is 20.6 Å². The van der Waals surface area contributed by atoms with Crippen LogP contribution in [0.25, 0.3) is 22.0 Å². The van der Waals surface area contributed by atoms with Gasteiger partial charge in [-0.15, -0.1) is 0 Å². The fourth-order valence-electron chi connectivity index (χ4n) is 4.51. The van der Waals surface area contributed by atoms with E-state index < -0.39 is 0 Å². The molecule has 0 atom stereocenters. The summed E-state index contributed by atoms with van der Waals surface area (Å²) in [6.45, 7) is 6.91. The number of nitrogens with one attached hydrogen (secondary N) is 2. The number of rotatable bonds is 6. The number of hydrogen-bond donors (Lipinski definition) is 3. The second-order valence-corrected chi connectivity index (χ2v) is 9.47. The zero-order valence-corrected chi connectivity index (χ0v) is 21.5. The van der Waals surface area contributed by atoms with Crippen molar-refractivity contribution < 1.29 is 14.3 Å². The van der Waals surface area contributed by atoms with Crippen LogP contribution in [0, 0.1) is 13.8 Å². The van der Waals surface area contributed by atoms with Gasteiger partial charge in [0.15, 0.2) is 0 Å². The number of aryl methyl sites for hydroxylation is 2. The van der Waals surface area contributed by atoms with Crippen LogP contribution < -0.4 is 16.4 Å². The maximum atomic E-state index is 13.3. The zero-order chi connectivity index (χ0) is 26.6. The quantitative estimate of drug-likeness (QED) is 0.358. The summed E-state index contributed by atoms with van der Waals surface area (Å²) in [7, 11) is 0. The van der Waals surface area contributed by atoms with Crippen LogP contribution in [-0.4, -0.2) is 59.5 Å². The van der Waals surface area contributed by atoms with Crippen LogP contribution in [0.2, 0.25) is 0 Å². The van der Waals surface area contributed by atoms with E-state index in [0.717, 1.165) is 46.2 Å². The third-order valence-electron chi connectivity index (χ3n) is 6.58. The number of nitrogen functional groups attached to an aromatic ring is 1. The first kappa shape index (κ1) is 25.3. The van der Waals surface area contributed by atoms with Crippen LogP contribution in [0.3, 0.4) is 0 Å². The Morgan fingerprint density at radius 1 is 0.974 bits per heavy atom. The molecule has 1 aromatic heterocycles. The molecule has 0 saturated carbocycles. The van der Waals surface area contributed by atoms with Gasteiger partial charge in [0.25, 0.3) is 5.91 Å². The Hall–Kier alpha value is -4.34. The molecule has 1 saturated heterocycles. The highest BCUT2D eigenvalue weighted by Gasteiger charge is 2.17. The van der Waals surface area contributed by atoms with Crippen LogP contribution >= 0.6 is 0 Å². The topological polar surface area (TPSA) is 122 Å². The molecule has 4 N–H and O–H groups in total. The molecule has 0 spiro atoms. The average Bonchev–Trinajstić information content (AvgIpc) is 2.90. The summed E-state index contributed by atoms with van der Waals surface area (Å²) in [5.74, 6) is -0.170. The normalized spacial score (nSPS) is 13.8. The molecule has 0 unspecified atom stereocenters. The Labute approximate surface area is 221 Å². The molecule has 2 heterocycles. The van der Waals surface area contributed by atoms with Gasteiger partial charge in [-0.25, -0.2) is 9.97 Å². The van der Waals surface area contributed by atoms with E-state index in [0.29, 0.717) is 30.2 Å². The minimum atomic E-state index is -0.266. The third-order valence-corrected chi connectivity index (χ3v) is 6.58. The van der Waals surface area contributed by atoms with Crippen molar-refractivity contribution in [2.45, 2.75) is 13.8 Å². The van der Waals surface area contributed by atoms with E-state index in [1.54, 1.807) is 12.3 Å². The molecule has 1 aliphatic heterocycles. The van der Waals surface area contributed by atoms with Crippen molar-refractivity contribution in [1.29, 1.82) is 0 Å². The summed E-state index contributed by atoms with van der Waals surface area (Å²) in [5.41, 5.74) is 12.0. The smallest absolute Gasteiger partial charge is 0.255 e. The number of fused-ring (bicyclic) bond motifs is 1. The Morgan fingerprint density at radius 2 is 1.79 bits per heavy atom. The van der Waals surface area contributed by atoms with Gasteiger partial charge in [0.1, 0.15) is 0 Å². The second-order valence-electron chi connectivity index (χ2n) is 9.47. The average molecular weight is 511 g/mol. The van der Waals surface area contributed by atoms with E-state index in [9.17, 15) is 9.59 Å². The molecule has 0 radical (unpaired) electrons. The van der Waals surface area contributed by atoms with Crippen molar-refractivity contribution >= 4 is 40.0 Å². The highest BCUT2D eigenvalue weighted by molar-refractivity contribution is 6.08. The standard InChI is InChI=1S/C29H30N6O3/c1-18-3-7-25(32-27(36)17-35-9-11-38-12-10-35)26(13-18)33-28(37)21-5-4-19(2)23(15-21)20-6-8-24-22(14-20)16-31-29(30)34-24/h3-8,13-16H,9-12,17H2,1-2H3,(H,32,36)(H,33,37)(H2,30,31,34). The number of hydrogen-bond acceptors (Lipinski definition) is 7. The lowest BCUT2D eigenvalue weighted by molar-refractivity contribution is -0.118. The monoisotopic (exact) mass is 510 g/mol. The minimum Gasteiger partial charge on any atom is -0.379 e. The molecular formula is C29H30N6O3. The lowest BCUT2D eigenvalue weighted by atomic mass is 9.97. The summed E-state index contributed by atoms with van der Waals surface area (Å²) >= 11 is 0. The molecule has 4 aromatic rings. The SMILES string of the molecule is Cc1ccc(NC(=O)CN2CCOCC2)c(NC(=O)c2ccc(C)c(-c3ccc4nc(N)ncc4c3)c2)c1. The van der Waals surface area contributed by atoms with E-state index in [-0.39, 0.29) is 24.3 Å². The van der Waals surface area contributed by atoms with E-state index in [1.165, 1.54) is 0 Å². The van der Waals surface area contributed by atoms with E-state index in [1.807, 2.05) is 67.3 Å². The number of anilines is 3. The predicted octanol–water partition coefficient (Wildman–Crippen LogP) is 4.02. The summed E-state index contributed by atoms with van der Waals surface area (Å²) in [6, 6.07) is 17.0. The first-order valence-electron chi connectivity index (χ1n) is 12.5. The van der Waals surface area contributed by atoms with Crippen LogP contribution in [0.15, 0.2) is 60.8 Å². The van der Waals surface area contributed by atoms with Gasteiger partial charge in [0.05, 0.1) is 36.6 Å². The second kappa shape index (κ2) is 11.0. The molecule has 1 fully saturated rings. The number of carbonyl (C=O) groups excluding carboxylic acids is 2. The fraction of sp³-hybridized carbons (Fsp3) is 0.241. The zero-order valence-electron chi connectivity index (χ0n) is 21.5. The first-order chi connectivity index (χ1) is 18.4. The molecule has 194 valence electrons. The molecule has 2 amide bonds. The number of amides is 2. The number of carbonyl (C=O) groups is 2.